The molecule has 1 fully saturated rings. The fraction of sp³-hybridized carbons (Fsp3) is 0.450. The van der Waals surface area contributed by atoms with E-state index in [0.29, 0.717) is 17.9 Å². The molecule has 2 aliphatic carbocycles. The van der Waals surface area contributed by atoms with E-state index in [4.69, 9.17) is 5.73 Å². The Bertz CT molecular complexity index is 957. The molecule has 0 aliphatic heterocycles. The van der Waals surface area contributed by atoms with Crippen molar-refractivity contribution < 1.29 is 9.90 Å². The molecule has 4 rings (SSSR count). The summed E-state index contributed by atoms with van der Waals surface area (Å²) in [6.45, 7) is 3.82. The van der Waals surface area contributed by atoms with Crippen LogP contribution in [0.15, 0.2) is 36.1 Å². The van der Waals surface area contributed by atoms with Crippen molar-refractivity contribution in [1.82, 2.24) is 25.2 Å². The summed E-state index contributed by atoms with van der Waals surface area (Å²) in [7, 11) is 0. The first-order valence-electron chi connectivity index (χ1n) is 9.50. The number of tetrazole rings is 1. The minimum atomic E-state index is -0.794. The second-order valence-corrected chi connectivity index (χ2v) is 7.83. The zero-order valence-electron chi connectivity index (χ0n) is 16.0. The molecule has 0 radical (unpaired) electrons. The Morgan fingerprint density at radius 2 is 2.21 bits per heavy atom. The molecule has 3 N–H and O–H groups in total. The molecule has 2 aliphatic rings. The van der Waals surface area contributed by atoms with Crippen LogP contribution in [0.1, 0.15) is 49.2 Å². The van der Waals surface area contributed by atoms with Crippen molar-refractivity contribution in [2.75, 3.05) is 6.61 Å². The molecule has 1 saturated carbocycles. The highest BCUT2D eigenvalue weighted by molar-refractivity contribution is 5.96. The van der Waals surface area contributed by atoms with Gasteiger partial charge in [-0.2, -0.15) is 0 Å². The Hall–Kier alpha value is -2.87. The second kappa shape index (κ2) is 6.94. The average molecular weight is 380 g/mol. The van der Waals surface area contributed by atoms with Crippen molar-refractivity contribution in [3.05, 3.63) is 53.1 Å². The van der Waals surface area contributed by atoms with Gasteiger partial charge in [-0.3, -0.25) is 9.78 Å². The van der Waals surface area contributed by atoms with Gasteiger partial charge in [0.1, 0.15) is 0 Å². The highest BCUT2D eigenvalue weighted by atomic mass is 16.3. The third-order valence-electron chi connectivity index (χ3n) is 5.69. The molecular weight excluding hydrogens is 356 g/mol. The molecule has 2 aromatic heterocycles. The largest absolute Gasteiger partial charge is 0.396 e. The normalized spacial score (nSPS) is 23.1. The number of primary amides is 1. The third-order valence-corrected chi connectivity index (χ3v) is 5.69. The number of nitrogens with two attached hydrogens (primary N) is 1. The van der Waals surface area contributed by atoms with Gasteiger partial charge in [-0.1, -0.05) is 13.0 Å². The molecule has 8 heteroatoms. The van der Waals surface area contributed by atoms with E-state index in [1.54, 1.807) is 17.0 Å². The number of aromatic nitrogens is 5. The summed E-state index contributed by atoms with van der Waals surface area (Å²) in [6, 6.07) is 3.89. The molecule has 2 atom stereocenters. The van der Waals surface area contributed by atoms with E-state index < -0.39 is 11.4 Å². The number of amides is 1. The Kier molecular flexibility index (Phi) is 4.58. The molecule has 2 heterocycles. The molecule has 28 heavy (non-hydrogen) atoms. The summed E-state index contributed by atoms with van der Waals surface area (Å²) in [4.78, 5) is 16.7. The van der Waals surface area contributed by atoms with Crippen LogP contribution < -0.4 is 5.73 Å². The molecule has 2 aromatic rings. The first-order chi connectivity index (χ1) is 13.4. The second-order valence-electron chi connectivity index (χ2n) is 7.83. The number of hydrogen-bond donors (Lipinski definition) is 2. The summed E-state index contributed by atoms with van der Waals surface area (Å²) in [5.41, 5.74) is 7.91. The van der Waals surface area contributed by atoms with E-state index in [9.17, 15) is 9.90 Å². The Labute approximate surface area is 163 Å². The van der Waals surface area contributed by atoms with Gasteiger partial charge in [-0.05, 0) is 59.5 Å². The summed E-state index contributed by atoms with van der Waals surface area (Å²) < 4.78 is 1.79. The molecule has 0 spiro atoms. The van der Waals surface area contributed by atoms with Gasteiger partial charge in [0, 0.05) is 36.6 Å². The van der Waals surface area contributed by atoms with E-state index in [1.807, 2.05) is 32.1 Å². The molecule has 146 valence electrons. The van der Waals surface area contributed by atoms with Gasteiger partial charge in [0.05, 0.1) is 11.2 Å². The predicted molar refractivity (Wildman–Crippen MR) is 103 cm³/mol. The minimum absolute atomic E-state index is 0.0822. The third kappa shape index (κ3) is 3.13. The van der Waals surface area contributed by atoms with Crippen molar-refractivity contribution in [1.29, 1.82) is 0 Å². The monoisotopic (exact) mass is 380 g/mol. The molecule has 1 amide bonds. The Balaban J connectivity index is 1.91. The standard InChI is InChI=1S/C20H24N6O2/c1-12-3-6-17(22-10-12)15-7-16(18(21)28)9-20(8-15,13(2)11-27)26-19(14-4-5-14)23-24-25-26/h3,6-8,10,13-14,27H,4-5,9,11H2,1-2H3,(H2,21,28). The lowest BCUT2D eigenvalue weighted by atomic mass is 9.74. The number of carbonyl (C=O) groups is 1. The van der Waals surface area contributed by atoms with Crippen LogP contribution >= 0.6 is 0 Å². The van der Waals surface area contributed by atoms with Crippen LogP contribution in [0.3, 0.4) is 0 Å². The number of pyridine rings is 1. The lowest BCUT2D eigenvalue weighted by Crippen LogP contribution is -2.45. The fourth-order valence-corrected chi connectivity index (χ4v) is 3.76. The van der Waals surface area contributed by atoms with Crippen LogP contribution in [0.4, 0.5) is 0 Å². The van der Waals surface area contributed by atoms with Gasteiger partial charge in [-0.15, -0.1) is 5.10 Å². The lowest BCUT2D eigenvalue weighted by Gasteiger charge is -2.39. The summed E-state index contributed by atoms with van der Waals surface area (Å²) in [5, 5.41) is 22.5. The van der Waals surface area contributed by atoms with Crippen molar-refractivity contribution in [2.24, 2.45) is 11.7 Å². The number of aryl methyl sites for hydroxylation is 1. The van der Waals surface area contributed by atoms with Gasteiger partial charge in [0.15, 0.2) is 5.82 Å². The van der Waals surface area contributed by atoms with Crippen molar-refractivity contribution in [3.8, 4) is 0 Å². The highest BCUT2D eigenvalue weighted by Gasteiger charge is 2.45. The number of rotatable bonds is 6. The predicted octanol–water partition coefficient (Wildman–Crippen LogP) is 1.48. The molecule has 8 nitrogen and oxygen atoms in total. The molecule has 0 bridgehead atoms. The van der Waals surface area contributed by atoms with Crippen molar-refractivity contribution in [2.45, 2.75) is 44.6 Å². The topological polar surface area (TPSA) is 120 Å². The number of allylic oxidation sites excluding steroid dienone is 3. The van der Waals surface area contributed by atoms with E-state index in [1.165, 1.54) is 0 Å². The van der Waals surface area contributed by atoms with Crippen molar-refractivity contribution in [3.63, 3.8) is 0 Å². The van der Waals surface area contributed by atoms with Crippen LogP contribution in [-0.4, -0.2) is 42.8 Å². The van der Waals surface area contributed by atoms with Crippen molar-refractivity contribution >= 4 is 11.5 Å². The maximum Gasteiger partial charge on any atom is 0.244 e. The summed E-state index contributed by atoms with van der Waals surface area (Å²) >= 11 is 0. The summed E-state index contributed by atoms with van der Waals surface area (Å²) in [5.74, 6) is 0.374. The molecular formula is C20H24N6O2. The first-order valence-corrected chi connectivity index (χ1v) is 9.50. The number of aliphatic hydroxyl groups excluding tert-OH is 1. The maximum absolute atomic E-state index is 12.2. The zero-order chi connectivity index (χ0) is 19.9. The van der Waals surface area contributed by atoms with Crippen LogP contribution in [0.2, 0.25) is 0 Å². The highest BCUT2D eigenvalue weighted by Crippen LogP contribution is 2.45. The van der Waals surface area contributed by atoms with Gasteiger partial charge in [0.2, 0.25) is 5.91 Å². The van der Waals surface area contributed by atoms with E-state index in [2.05, 4.69) is 20.5 Å². The zero-order valence-corrected chi connectivity index (χ0v) is 16.0. The van der Waals surface area contributed by atoms with Crippen LogP contribution in [-0.2, 0) is 10.3 Å². The van der Waals surface area contributed by atoms with Gasteiger partial charge in [-0.25, -0.2) is 4.68 Å². The first kappa shape index (κ1) is 18.5. The quantitative estimate of drug-likeness (QED) is 0.783. The average Bonchev–Trinajstić information content (AvgIpc) is 3.43. The maximum atomic E-state index is 12.2. The number of aliphatic hydroxyl groups is 1. The molecule has 0 aromatic carbocycles. The van der Waals surface area contributed by atoms with Crippen LogP contribution in [0.5, 0.6) is 0 Å². The number of carbonyl (C=O) groups excluding carboxylic acids is 1. The molecule has 0 saturated heterocycles. The van der Waals surface area contributed by atoms with Gasteiger partial charge >= 0.3 is 0 Å². The van der Waals surface area contributed by atoms with E-state index in [-0.39, 0.29) is 12.5 Å². The SMILES string of the molecule is Cc1ccc(C2=CC(C(C)CO)(n3nnnc3C3CC3)CC(C(N)=O)=C2)nc1. The Morgan fingerprint density at radius 3 is 2.82 bits per heavy atom. The molecule has 2 unspecified atom stereocenters. The van der Waals surface area contributed by atoms with Crippen LogP contribution in [0, 0.1) is 12.8 Å². The van der Waals surface area contributed by atoms with Crippen LogP contribution in [0.25, 0.3) is 5.57 Å². The van der Waals surface area contributed by atoms with Gasteiger partial charge in [0.25, 0.3) is 0 Å². The Morgan fingerprint density at radius 1 is 1.43 bits per heavy atom. The number of hydrogen-bond acceptors (Lipinski definition) is 6. The van der Waals surface area contributed by atoms with Gasteiger partial charge < -0.3 is 10.8 Å². The number of nitrogens with zero attached hydrogens (tertiary/aromatic N) is 5. The van der Waals surface area contributed by atoms with E-state index >= 15 is 0 Å². The summed E-state index contributed by atoms with van der Waals surface area (Å²) in [6.07, 6.45) is 8.00. The minimum Gasteiger partial charge on any atom is -0.396 e. The lowest BCUT2D eigenvalue weighted by molar-refractivity contribution is -0.115. The van der Waals surface area contributed by atoms with E-state index in [0.717, 1.165) is 35.5 Å². The smallest absolute Gasteiger partial charge is 0.244 e. The fourth-order valence-electron chi connectivity index (χ4n) is 3.76.